The SMILES string of the molecule is CC=C(CC1CCCCC1)C(N)=O. The highest BCUT2D eigenvalue weighted by Gasteiger charge is 2.16. The largest absolute Gasteiger partial charge is 0.366 e. The van der Waals surface area contributed by atoms with E-state index in [1.54, 1.807) is 0 Å². The van der Waals surface area contributed by atoms with Crippen molar-refractivity contribution >= 4 is 5.91 Å². The van der Waals surface area contributed by atoms with Crippen LogP contribution in [0.4, 0.5) is 0 Å². The Bertz CT molecular complexity index is 202. The van der Waals surface area contributed by atoms with Crippen molar-refractivity contribution in [2.45, 2.75) is 45.4 Å². The van der Waals surface area contributed by atoms with Crippen molar-refractivity contribution in [3.63, 3.8) is 0 Å². The second-order valence-corrected chi connectivity index (χ2v) is 3.89. The number of hydrogen-bond acceptors (Lipinski definition) is 1. The lowest BCUT2D eigenvalue weighted by molar-refractivity contribution is -0.114. The zero-order valence-corrected chi connectivity index (χ0v) is 8.38. The fourth-order valence-electron chi connectivity index (χ4n) is 2.06. The third-order valence-electron chi connectivity index (χ3n) is 2.90. The van der Waals surface area contributed by atoms with E-state index >= 15 is 0 Å². The number of allylic oxidation sites excluding steroid dienone is 1. The molecule has 0 radical (unpaired) electrons. The van der Waals surface area contributed by atoms with Gasteiger partial charge in [-0.2, -0.15) is 0 Å². The summed E-state index contributed by atoms with van der Waals surface area (Å²) in [5.41, 5.74) is 6.07. The number of carbonyl (C=O) groups is 1. The van der Waals surface area contributed by atoms with Crippen molar-refractivity contribution < 1.29 is 4.79 Å². The van der Waals surface area contributed by atoms with E-state index in [4.69, 9.17) is 5.73 Å². The van der Waals surface area contributed by atoms with Crippen molar-refractivity contribution in [1.29, 1.82) is 0 Å². The van der Waals surface area contributed by atoms with E-state index in [-0.39, 0.29) is 5.91 Å². The Balaban J connectivity index is 2.41. The lowest BCUT2D eigenvalue weighted by Gasteiger charge is -2.21. The lowest BCUT2D eigenvalue weighted by atomic mass is 9.84. The minimum absolute atomic E-state index is 0.243. The van der Waals surface area contributed by atoms with Crippen LogP contribution >= 0.6 is 0 Å². The smallest absolute Gasteiger partial charge is 0.244 e. The molecule has 1 fully saturated rings. The number of rotatable bonds is 3. The second kappa shape index (κ2) is 5.05. The molecule has 2 heteroatoms. The summed E-state index contributed by atoms with van der Waals surface area (Å²) in [5.74, 6) is 0.459. The van der Waals surface area contributed by atoms with Crippen LogP contribution in [0.5, 0.6) is 0 Å². The number of primary amides is 1. The Labute approximate surface area is 80.2 Å². The van der Waals surface area contributed by atoms with E-state index < -0.39 is 0 Å². The van der Waals surface area contributed by atoms with Crippen molar-refractivity contribution in [3.05, 3.63) is 11.6 Å². The Morgan fingerprint density at radius 1 is 1.38 bits per heavy atom. The molecule has 13 heavy (non-hydrogen) atoms. The molecule has 1 aliphatic carbocycles. The van der Waals surface area contributed by atoms with E-state index in [9.17, 15) is 4.79 Å². The van der Waals surface area contributed by atoms with E-state index in [0.29, 0.717) is 5.92 Å². The first kappa shape index (κ1) is 10.3. The van der Waals surface area contributed by atoms with Crippen LogP contribution in [-0.2, 0) is 4.79 Å². The molecule has 0 atom stereocenters. The summed E-state index contributed by atoms with van der Waals surface area (Å²) in [6.45, 7) is 1.89. The second-order valence-electron chi connectivity index (χ2n) is 3.89. The molecule has 0 saturated heterocycles. The number of carbonyl (C=O) groups excluding carboxylic acids is 1. The van der Waals surface area contributed by atoms with Gasteiger partial charge in [-0.05, 0) is 19.3 Å². The van der Waals surface area contributed by atoms with Crippen molar-refractivity contribution in [3.8, 4) is 0 Å². The predicted octanol–water partition coefficient (Wildman–Crippen LogP) is 2.39. The molecule has 0 spiro atoms. The Morgan fingerprint density at radius 3 is 2.46 bits per heavy atom. The maximum atomic E-state index is 11.0. The van der Waals surface area contributed by atoms with Gasteiger partial charge in [-0.1, -0.05) is 38.2 Å². The van der Waals surface area contributed by atoms with E-state index in [0.717, 1.165) is 12.0 Å². The van der Waals surface area contributed by atoms with Crippen LogP contribution in [0.1, 0.15) is 45.4 Å². The van der Waals surface area contributed by atoms with Gasteiger partial charge >= 0.3 is 0 Å². The molecule has 0 aromatic heterocycles. The summed E-state index contributed by atoms with van der Waals surface area (Å²) < 4.78 is 0. The summed E-state index contributed by atoms with van der Waals surface area (Å²) in [4.78, 5) is 11.0. The van der Waals surface area contributed by atoms with Gasteiger partial charge in [0.15, 0.2) is 0 Å². The van der Waals surface area contributed by atoms with Crippen LogP contribution in [0.15, 0.2) is 11.6 Å². The third-order valence-corrected chi connectivity index (χ3v) is 2.90. The zero-order chi connectivity index (χ0) is 9.68. The molecule has 1 aliphatic rings. The van der Waals surface area contributed by atoms with Crippen molar-refractivity contribution in [2.75, 3.05) is 0 Å². The van der Waals surface area contributed by atoms with Gasteiger partial charge in [-0.25, -0.2) is 0 Å². The molecule has 0 aliphatic heterocycles. The molecule has 1 rings (SSSR count). The minimum Gasteiger partial charge on any atom is -0.366 e. The standard InChI is InChI=1S/C11H19NO/c1-2-10(11(12)13)8-9-6-4-3-5-7-9/h2,9H,3-8H2,1H3,(H2,12,13). The number of hydrogen-bond donors (Lipinski definition) is 1. The first-order chi connectivity index (χ1) is 6.24. The van der Waals surface area contributed by atoms with Crippen LogP contribution in [-0.4, -0.2) is 5.91 Å². The maximum Gasteiger partial charge on any atom is 0.244 e. The minimum atomic E-state index is -0.243. The summed E-state index contributed by atoms with van der Waals surface area (Å²) >= 11 is 0. The molecule has 1 amide bonds. The average Bonchev–Trinajstić information content (AvgIpc) is 2.15. The number of nitrogens with two attached hydrogens (primary N) is 1. The highest BCUT2D eigenvalue weighted by Crippen LogP contribution is 2.28. The van der Waals surface area contributed by atoms with Crippen LogP contribution in [0.25, 0.3) is 0 Å². The predicted molar refractivity (Wildman–Crippen MR) is 54.1 cm³/mol. The molecule has 0 unspecified atom stereocenters. The molecule has 0 aromatic rings. The van der Waals surface area contributed by atoms with Gasteiger partial charge < -0.3 is 5.73 Å². The van der Waals surface area contributed by atoms with Crippen molar-refractivity contribution in [2.24, 2.45) is 11.7 Å². The summed E-state index contributed by atoms with van der Waals surface area (Å²) in [6, 6.07) is 0. The molecular weight excluding hydrogens is 162 g/mol. The van der Waals surface area contributed by atoms with Crippen LogP contribution in [0.2, 0.25) is 0 Å². The molecule has 2 nitrogen and oxygen atoms in total. The molecule has 0 aromatic carbocycles. The Kier molecular flexibility index (Phi) is 4.00. The molecule has 0 bridgehead atoms. The van der Waals surface area contributed by atoms with Crippen LogP contribution in [0.3, 0.4) is 0 Å². The quantitative estimate of drug-likeness (QED) is 0.667. The Morgan fingerprint density at radius 2 is 2.00 bits per heavy atom. The third kappa shape index (κ3) is 3.21. The average molecular weight is 181 g/mol. The number of amides is 1. The Hall–Kier alpha value is -0.790. The molecule has 2 N–H and O–H groups in total. The van der Waals surface area contributed by atoms with Gasteiger partial charge in [0.1, 0.15) is 0 Å². The van der Waals surface area contributed by atoms with E-state index in [2.05, 4.69) is 0 Å². The highest BCUT2D eigenvalue weighted by molar-refractivity contribution is 5.91. The highest BCUT2D eigenvalue weighted by atomic mass is 16.1. The fraction of sp³-hybridized carbons (Fsp3) is 0.727. The van der Waals surface area contributed by atoms with Gasteiger partial charge in [0, 0.05) is 5.57 Å². The van der Waals surface area contributed by atoms with Gasteiger partial charge in [-0.3, -0.25) is 4.79 Å². The molecule has 74 valence electrons. The van der Waals surface area contributed by atoms with Gasteiger partial charge in [0.25, 0.3) is 0 Å². The summed E-state index contributed by atoms with van der Waals surface area (Å²) in [7, 11) is 0. The normalized spacial score (nSPS) is 20.2. The summed E-state index contributed by atoms with van der Waals surface area (Å²) in [5, 5.41) is 0. The maximum absolute atomic E-state index is 11.0. The zero-order valence-electron chi connectivity index (χ0n) is 8.38. The lowest BCUT2D eigenvalue weighted by Crippen LogP contribution is -2.17. The first-order valence-electron chi connectivity index (χ1n) is 5.19. The van der Waals surface area contributed by atoms with Crippen LogP contribution < -0.4 is 5.73 Å². The molecule has 1 saturated carbocycles. The van der Waals surface area contributed by atoms with Crippen molar-refractivity contribution in [1.82, 2.24) is 0 Å². The fourth-order valence-corrected chi connectivity index (χ4v) is 2.06. The van der Waals surface area contributed by atoms with E-state index in [1.807, 2.05) is 13.0 Å². The van der Waals surface area contributed by atoms with Gasteiger partial charge in [0.2, 0.25) is 5.91 Å². The first-order valence-corrected chi connectivity index (χ1v) is 5.19. The topological polar surface area (TPSA) is 43.1 Å². The van der Waals surface area contributed by atoms with Gasteiger partial charge in [0.05, 0.1) is 0 Å². The molecule has 0 heterocycles. The monoisotopic (exact) mass is 181 g/mol. The molecular formula is C11H19NO. The summed E-state index contributed by atoms with van der Waals surface area (Å²) in [6.07, 6.45) is 9.29. The van der Waals surface area contributed by atoms with E-state index in [1.165, 1.54) is 32.1 Å². The van der Waals surface area contributed by atoms with Crippen LogP contribution in [0, 0.1) is 5.92 Å². The van der Waals surface area contributed by atoms with Gasteiger partial charge in [-0.15, -0.1) is 0 Å².